The minimum absolute atomic E-state index is 0.202. The average molecular weight is 913 g/mol. The Morgan fingerprint density at radius 3 is 1.64 bits per heavy atom. The summed E-state index contributed by atoms with van der Waals surface area (Å²) in [5.41, 5.74) is 39.6. The number of rotatable bonds is 0. The predicted molar refractivity (Wildman–Crippen MR) is 293 cm³/mol. The van der Waals surface area contributed by atoms with Crippen molar-refractivity contribution in [2.24, 2.45) is 5.92 Å². The molecule has 73 heavy (non-hydrogen) atoms. The Bertz CT molecular complexity index is 5590. The van der Waals surface area contributed by atoms with Gasteiger partial charge in [-0.15, -0.1) is 0 Å². The molecule has 6 atom stereocenters. The number of allylic oxidation sites excluding steroid dienone is 10. The normalized spacial score (nSPS) is 30.6. The molecular formula is C73H36. The van der Waals surface area contributed by atoms with E-state index in [0.29, 0.717) is 11.8 Å². The summed E-state index contributed by atoms with van der Waals surface area (Å²) in [6.45, 7) is 0. The van der Waals surface area contributed by atoms with Gasteiger partial charge in [0.25, 0.3) is 0 Å². The minimum atomic E-state index is -0.216. The van der Waals surface area contributed by atoms with Gasteiger partial charge in [-0.25, -0.2) is 0 Å². The molecule has 328 valence electrons. The molecule has 16 aliphatic carbocycles. The molecule has 0 aliphatic heterocycles. The Kier molecular flexibility index (Phi) is 4.05. The van der Waals surface area contributed by atoms with E-state index in [9.17, 15) is 0 Å². The first kappa shape index (κ1) is 33.0. The van der Waals surface area contributed by atoms with Crippen molar-refractivity contribution in [3.63, 3.8) is 0 Å². The second-order valence-corrected chi connectivity index (χ2v) is 26.2. The van der Waals surface area contributed by atoms with E-state index in [4.69, 9.17) is 0 Å². The van der Waals surface area contributed by atoms with E-state index in [1.54, 1.807) is 198 Å². The van der Waals surface area contributed by atoms with E-state index in [2.05, 4.69) is 121 Å². The molecule has 16 aliphatic rings. The van der Waals surface area contributed by atoms with Crippen LogP contribution in [0.5, 0.6) is 0 Å². The molecule has 0 fully saturated rings. The van der Waals surface area contributed by atoms with E-state index in [1.165, 1.54) is 21.5 Å². The van der Waals surface area contributed by atoms with Gasteiger partial charge in [-0.2, -0.15) is 0 Å². The third-order valence-corrected chi connectivity index (χ3v) is 24.8. The van der Waals surface area contributed by atoms with Gasteiger partial charge in [0.05, 0.1) is 0 Å². The van der Waals surface area contributed by atoms with Crippen molar-refractivity contribution in [2.45, 2.75) is 72.5 Å². The fourth-order valence-corrected chi connectivity index (χ4v) is 23.4. The third kappa shape index (κ3) is 2.50. The van der Waals surface area contributed by atoms with Gasteiger partial charge in [0.15, 0.2) is 0 Å². The molecule has 0 heteroatoms. The molecule has 10 aromatic rings. The highest BCUT2D eigenvalue weighted by molar-refractivity contribution is 6.42. The predicted octanol–water partition coefficient (Wildman–Crippen LogP) is 12.1. The molecule has 10 aromatic carbocycles. The maximum atomic E-state index is 2.89. The largest absolute Gasteiger partial charge is 0.0728 e. The number of hydrogen-bond acceptors (Lipinski definition) is 0. The summed E-state index contributed by atoms with van der Waals surface area (Å²) in [4.78, 5) is 0. The van der Waals surface area contributed by atoms with Crippen molar-refractivity contribution >= 4 is 92.5 Å². The van der Waals surface area contributed by atoms with Crippen LogP contribution in [0, 0.1) is 5.92 Å². The highest BCUT2D eigenvalue weighted by Gasteiger charge is 2.75. The molecule has 6 unspecified atom stereocenters. The third-order valence-electron chi connectivity index (χ3n) is 24.8. The highest BCUT2D eigenvalue weighted by atomic mass is 14.8. The van der Waals surface area contributed by atoms with E-state index < -0.39 is 0 Å². The maximum absolute atomic E-state index is 2.89. The van der Waals surface area contributed by atoms with Crippen molar-refractivity contribution in [3.8, 4) is 22.3 Å². The zero-order valence-electron chi connectivity index (χ0n) is 39.7. The first-order valence-corrected chi connectivity index (χ1v) is 27.8. The molecule has 0 bridgehead atoms. The van der Waals surface area contributed by atoms with Crippen LogP contribution in [0.15, 0.2) is 144 Å². The molecule has 0 saturated heterocycles. The molecule has 0 heterocycles. The summed E-state index contributed by atoms with van der Waals surface area (Å²) in [5, 5.41) is 25.4. The zero-order chi connectivity index (χ0) is 45.3. The summed E-state index contributed by atoms with van der Waals surface area (Å²) in [5.74, 6) is 0.824. The van der Waals surface area contributed by atoms with Gasteiger partial charge >= 0.3 is 0 Å². The lowest BCUT2D eigenvalue weighted by atomic mass is 9.37. The zero-order valence-corrected chi connectivity index (χ0v) is 39.7. The van der Waals surface area contributed by atoms with Crippen LogP contribution in [0.3, 0.4) is 0 Å². The standard InChI is InChI=1S/C73H36/c1-2-6-29-16-38-25-71-45-14-13-44-41-11-12-42-46-23-33-10-9-32-19-34-20-35-21-36-22-43(45)53-56-48(36)47(35)54-49(34)55-50(32)65(33)73-27-40-18-31-8-4-3-7-30(31)17-39(40)26-72(46,73)67-52(42)51(41)66(70(44,71)24-37(38)15-28(29)5-1)63-61(68(53)71)59-57(56)58(54)60(55)69(73)62(59)64(63)67/h1-8,11-20,22-23,34,49H,9-10,21,24-27H2. The molecule has 4 spiro atoms. The average Bonchev–Trinajstić information content (AvgIpc) is 4.35. The van der Waals surface area contributed by atoms with Crippen LogP contribution in [0.1, 0.15) is 80.0 Å². The fraction of sp³-hybridized carbons (Fsp3) is 0.178. The number of benzene rings is 10. The van der Waals surface area contributed by atoms with Crippen LogP contribution in [0.4, 0.5) is 0 Å². The second-order valence-electron chi connectivity index (χ2n) is 26.2. The Morgan fingerprint density at radius 1 is 0.411 bits per heavy atom. The SMILES string of the molecule is C1=CC2=c3cc4c5c6c7c8c9c%10c%11c%12c%13c(c3c5c%128)C23Cc2cc5ccccc5cc2CC32C1=c1ccc3c5c(c-%11c-%13c2c15)C12Cc5cc8ccccc8cc5CC%101C1=C5C(=CC(C=C6C4)C7C=95)CCC1=CC=32. The summed E-state index contributed by atoms with van der Waals surface area (Å²) in [7, 11) is 0. The van der Waals surface area contributed by atoms with E-state index in [1.807, 2.05) is 0 Å². The summed E-state index contributed by atoms with van der Waals surface area (Å²) >= 11 is 0. The number of fused-ring (bicyclic) bond motifs is 4. The Hall–Kier alpha value is -7.80. The lowest BCUT2D eigenvalue weighted by Gasteiger charge is -2.64. The van der Waals surface area contributed by atoms with Crippen molar-refractivity contribution in [1.82, 2.24) is 0 Å². The molecule has 0 amide bonds. The molecule has 0 aromatic heterocycles. The monoisotopic (exact) mass is 912 g/mol. The van der Waals surface area contributed by atoms with Gasteiger partial charge in [0.1, 0.15) is 0 Å². The van der Waals surface area contributed by atoms with Gasteiger partial charge in [0, 0.05) is 33.5 Å². The van der Waals surface area contributed by atoms with Crippen LogP contribution in [-0.2, 0) is 53.8 Å². The van der Waals surface area contributed by atoms with E-state index in [0.717, 1.165) is 44.9 Å². The van der Waals surface area contributed by atoms with E-state index in [-0.39, 0.29) is 21.7 Å². The fourth-order valence-electron chi connectivity index (χ4n) is 23.4. The smallest absolute Gasteiger partial charge is 0.0405 e. The molecule has 0 nitrogen and oxygen atoms in total. The van der Waals surface area contributed by atoms with Gasteiger partial charge in [0.2, 0.25) is 0 Å². The van der Waals surface area contributed by atoms with Crippen LogP contribution in [-0.4, -0.2) is 0 Å². The summed E-state index contributed by atoms with van der Waals surface area (Å²) in [6, 6.07) is 37.4. The van der Waals surface area contributed by atoms with Gasteiger partial charge < -0.3 is 0 Å². The maximum Gasteiger partial charge on any atom is 0.0405 e. The summed E-state index contributed by atoms with van der Waals surface area (Å²) < 4.78 is 0. The van der Waals surface area contributed by atoms with Crippen molar-refractivity contribution in [1.29, 1.82) is 0 Å². The lowest BCUT2D eigenvalue weighted by molar-refractivity contribution is 0.289. The quantitative estimate of drug-likeness (QED) is 0.133. The molecule has 0 N–H and O–H groups in total. The lowest BCUT2D eigenvalue weighted by Crippen LogP contribution is -2.63. The van der Waals surface area contributed by atoms with Crippen LogP contribution >= 0.6 is 0 Å². The first-order chi connectivity index (χ1) is 36.1. The van der Waals surface area contributed by atoms with E-state index >= 15 is 0 Å². The molecular weight excluding hydrogens is 877 g/mol. The number of hydrogen-bond donors (Lipinski definition) is 0. The second kappa shape index (κ2) is 8.96. The molecule has 0 radical (unpaired) electrons. The Labute approximate surface area is 416 Å². The van der Waals surface area contributed by atoms with Gasteiger partial charge in [-0.1, -0.05) is 115 Å². The van der Waals surface area contributed by atoms with Crippen LogP contribution < -0.4 is 20.9 Å². The Morgan fingerprint density at radius 2 is 0.959 bits per heavy atom. The molecule has 26 rings (SSSR count). The van der Waals surface area contributed by atoms with Gasteiger partial charge in [-0.05, 0) is 270 Å². The molecule has 0 saturated carbocycles. The highest BCUT2D eigenvalue weighted by Crippen LogP contribution is 2.82. The minimum Gasteiger partial charge on any atom is -0.0728 e. The first-order valence-electron chi connectivity index (χ1n) is 27.8. The van der Waals surface area contributed by atoms with Crippen LogP contribution in [0.25, 0.3) is 115 Å². The van der Waals surface area contributed by atoms with Gasteiger partial charge in [-0.3, -0.25) is 0 Å². The topological polar surface area (TPSA) is 0 Å². The van der Waals surface area contributed by atoms with Crippen molar-refractivity contribution < 1.29 is 0 Å². The van der Waals surface area contributed by atoms with Crippen molar-refractivity contribution in [3.05, 3.63) is 226 Å². The Balaban J connectivity index is 1.01. The summed E-state index contributed by atoms with van der Waals surface area (Å²) in [6.07, 6.45) is 21.6. The van der Waals surface area contributed by atoms with Crippen molar-refractivity contribution in [2.75, 3.05) is 0 Å². The van der Waals surface area contributed by atoms with Crippen LogP contribution in [0.2, 0.25) is 0 Å².